The highest BCUT2D eigenvalue weighted by atomic mass is 35.5. The summed E-state index contributed by atoms with van der Waals surface area (Å²) in [4.78, 5) is 11.8. The lowest BCUT2D eigenvalue weighted by Crippen LogP contribution is -2.31. The van der Waals surface area contributed by atoms with Crippen LogP contribution in [0.4, 0.5) is 0 Å². The van der Waals surface area contributed by atoms with Gasteiger partial charge in [-0.05, 0) is 43.9 Å². The number of benzene rings is 1. The molecule has 22 heavy (non-hydrogen) atoms. The quantitative estimate of drug-likeness (QED) is 0.306. The average molecular weight is 326 g/mol. The molecule has 7 heteroatoms. The van der Waals surface area contributed by atoms with E-state index in [4.69, 9.17) is 32.7 Å². The molecule has 2 rings (SSSR count). The fourth-order valence-corrected chi connectivity index (χ4v) is 2.12. The van der Waals surface area contributed by atoms with Crippen LogP contribution in [-0.2, 0) is 9.53 Å². The number of nitrogens with two attached hydrogens (primary N) is 2. The number of halogens is 1. The molecule has 1 aromatic rings. The van der Waals surface area contributed by atoms with E-state index in [1.807, 2.05) is 0 Å². The summed E-state index contributed by atoms with van der Waals surface area (Å²) in [5.74, 6) is 5.98. The molecule has 0 bridgehead atoms. The van der Waals surface area contributed by atoms with Crippen molar-refractivity contribution in [1.29, 1.82) is 0 Å². The van der Waals surface area contributed by atoms with E-state index in [9.17, 15) is 4.79 Å². The van der Waals surface area contributed by atoms with Gasteiger partial charge in [0.05, 0.1) is 18.9 Å². The first-order valence-electron chi connectivity index (χ1n) is 7.12. The van der Waals surface area contributed by atoms with Crippen LogP contribution < -0.4 is 21.7 Å². The third-order valence-corrected chi connectivity index (χ3v) is 3.48. The molecule has 0 aromatic heterocycles. The van der Waals surface area contributed by atoms with Crippen LogP contribution in [0.2, 0.25) is 5.02 Å². The second-order valence-electron chi connectivity index (χ2n) is 5.08. The molecule has 120 valence electrons. The Labute approximate surface area is 134 Å². The smallest absolute Gasteiger partial charge is 0.357 e. The van der Waals surface area contributed by atoms with Gasteiger partial charge >= 0.3 is 5.97 Å². The normalized spacial score (nSPS) is 15.0. The molecule has 0 unspecified atom stereocenters. The van der Waals surface area contributed by atoms with E-state index < -0.39 is 5.97 Å². The Morgan fingerprint density at radius 1 is 1.41 bits per heavy atom. The van der Waals surface area contributed by atoms with Gasteiger partial charge in [-0.25, -0.2) is 4.79 Å². The Morgan fingerprint density at radius 2 is 2.14 bits per heavy atom. The zero-order valence-electron chi connectivity index (χ0n) is 12.4. The van der Waals surface area contributed by atoms with Crippen molar-refractivity contribution >= 4 is 23.3 Å². The molecule has 0 spiro atoms. The Bertz CT molecular complexity index is 585. The molecular formula is C15H20ClN3O3. The molecule has 1 saturated carbocycles. The zero-order chi connectivity index (χ0) is 16.1. The average Bonchev–Trinajstić information content (AvgIpc) is 3.29. The monoisotopic (exact) mass is 325 g/mol. The second-order valence-corrected chi connectivity index (χ2v) is 5.52. The van der Waals surface area contributed by atoms with E-state index in [0.29, 0.717) is 28.9 Å². The number of hydrogen-bond acceptors (Lipinski definition) is 6. The number of carbonyl (C=O) groups excluding carboxylic acids is 1. The SMILES string of the molecule is CCOC(=O)/C(NN)=C(/N)c1cc(Cl)cc(OCC2CC2)c1. The van der Waals surface area contributed by atoms with Gasteiger partial charge in [0.1, 0.15) is 5.75 Å². The lowest BCUT2D eigenvalue weighted by molar-refractivity contribution is -0.138. The highest BCUT2D eigenvalue weighted by Gasteiger charge is 2.22. The number of carbonyl (C=O) groups is 1. The van der Waals surface area contributed by atoms with E-state index in [1.165, 1.54) is 12.8 Å². The maximum atomic E-state index is 11.8. The number of nitrogens with one attached hydrogen (secondary N) is 1. The number of hydrogen-bond donors (Lipinski definition) is 3. The number of hydrazine groups is 1. The molecule has 1 aliphatic carbocycles. The minimum Gasteiger partial charge on any atom is -0.493 e. The highest BCUT2D eigenvalue weighted by molar-refractivity contribution is 6.30. The zero-order valence-corrected chi connectivity index (χ0v) is 13.2. The highest BCUT2D eigenvalue weighted by Crippen LogP contribution is 2.31. The van der Waals surface area contributed by atoms with Crippen molar-refractivity contribution in [2.24, 2.45) is 17.5 Å². The Morgan fingerprint density at radius 3 is 2.73 bits per heavy atom. The molecule has 6 nitrogen and oxygen atoms in total. The van der Waals surface area contributed by atoms with Crippen LogP contribution in [-0.4, -0.2) is 19.2 Å². The molecule has 0 heterocycles. The summed E-state index contributed by atoms with van der Waals surface area (Å²) in [7, 11) is 0. The van der Waals surface area contributed by atoms with Gasteiger partial charge < -0.3 is 20.6 Å². The summed E-state index contributed by atoms with van der Waals surface area (Å²) < 4.78 is 10.6. The van der Waals surface area contributed by atoms with Crippen LogP contribution in [0.5, 0.6) is 5.75 Å². The van der Waals surface area contributed by atoms with Crippen LogP contribution in [0.25, 0.3) is 5.70 Å². The molecule has 0 amide bonds. The predicted octanol–water partition coefficient (Wildman–Crippen LogP) is 1.78. The Kier molecular flexibility index (Phi) is 5.51. The first-order valence-corrected chi connectivity index (χ1v) is 7.50. The number of ether oxygens (including phenoxy) is 2. The third-order valence-electron chi connectivity index (χ3n) is 3.26. The summed E-state index contributed by atoms with van der Waals surface area (Å²) in [6.07, 6.45) is 2.39. The summed E-state index contributed by atoms with van der Waals surface area (Å²) in [6, 6.07) is 5.07. The van der Waals surface area contributed by atoms with Gasteiger partial charge in [-0.3, -0.25) is 5.84 Å². The van der Waals surface area contributed by atoms with Crippen LogP contribution in [0, 0.1) is 5.92 Å². The van der Waals surface area contributed by atoms with Gasteiger partial charge in [0.2, 0.25) is 0 Å². The first-order chi connectivity index (χ1) is 10.5. The van der Waals surface area contributed by atoms with Gasteiger partial charge in [-0.1, -0.05) is 11.6 Å². The fourth-order valence-electron chi connectivity index (χ4n) is 1.89. The van der Waals surface area contributed by atoms with Crippen molar-refractivity contribution in [3.63, 3.8) is 0 Å². The lowest BCUT2D eigenvalue weighted by atomic mass is 10.1. The van der Waals surface area contributed by atoms with E-state index in [2.05, 4.69) is 5.43 Å². The first kappa shape index (κ1) is 16.5. The van der Waals surface area contributed by atoms with Crippen LogP contribution in [0.1, 0.15) is 25.3 Å². The summed E-state index contributed by atoms with van der Waals surface area (Å²) in [5, 5.41) is 0.464. The Hall–Kier alpha value is -1.92. The minimum absolute atomic E-state index is 0.0164. The molecule has 0 saturated heterocycles. The van der Waals surface area contributed by atoms with Crippen molar-refractivity contribution in [3.8, 4) is 5.75 Å². The molecule has 5 N–H and O–H groups in total. The molecule has 1 fully saturated rings. The van der Waals surface area contributed by atoms with E-state index in [0.717, 1.165) is 0 Å². The van der Waals surface area contributed by atoms with Gasteiger partial charge in [0.15, 0.2) is 5.70 Å². The van der Waals surface area contributed by atoms with Crippen molar-refractivity contribution in [1.82, 2.24) is 5.43 Å². The standard InChI is InChI=1S/C15H20ClN3O3/c1-2-21-15(20)14(19-18)13(17)10-5-11(16)7-12(6-10)22-8-9-3-4-9/h5-7,9,19H,2-4,8,17-18H2,1H3/b14-13-. The van der Waals surface area contributed by atoms with E-state index in [-0.39, 0.29) is 18.0 Å². The maximum Gasteiger partial charge on any atom is 0.357 e. The largest absolute Gasteiger partial charge is 0.493 e. The van der Waals surface area contributed by atoms with Crippen LogP contribution in [0.3, 0.4) is 0 Å². The molecule has 0 radical (unpaired) electrons. The lowest BCUT2D eigenvalue weighted by Gasteiger charge is -2.12. The predicted molar refractivity (Wildman–Crippen MR) is 84.7 cm³/mol. The second kappa shape index (κ2) is 7.38. The minimum atomic E-state index is -0.622. The van der Waals surface area contributed by atoms with Gasteiger partial charge in [0.25, 0.3) is 0 Å². The van der Waals surface area contributed by atoms with E-state index in [1.54, 1.807) is 25.1 Å². The fraction of sp³-hybridized carbons (Fsp3) is 0.400. The van der Waals surface area contributed by atoms with Crippen LogP contribution in [0.15, 0.2) is 23.9 Å². The van der Waals surface area contributed by atoms with Crippen molar-refractivity contribution in [3.05, 3.63) is 34.5 Å². The Balaban J connectivity index is 2.25. The molecular weight excluding hydrogens is 306 g/mol. The van der Waals surface area contributed by atoms with Gasteiger partial charge in [0, 0.05) is 10.6 Å². The van der Waals surface area contributed by atoms with Crippen molar-refractivity contribution in [2.75, 3.05) is 13.2 Å². The maximum absolute atomic E-state index is 11.8. The number of esters is 1. The molecule has 0 aliphatic heterocycles. The van der Waals surface area contributed by atoms with Gasteiger partial charge in [-0.15, -0.1) is 0 Å². The summed E-state index contributed by atoms with van der Waals surface area (Å²) in [6.45, 7) is 2.58. The van der Waals surface area contributed by atoms with Gasteiger partial charge in [-0.2, -0.15) is 0 Å². The summed E-state index contributed by atoms with van der Waals surface area (Å²) >= 11 is 6.09. The molecule has 1 aromatic carbocycles. The van der Waals surface area contributed by atoms with Crippen molar-refractivity contribution < 1.29 is 14.3 Å². The van der Waals surface area contributed by atoms with E-state index >= 15 is 0 Å². The summed E-state index contributed by atoms with van der Waals surface area (Å²) in [5.41, 5.74) is 8.97. The molecule has 0 atom stereocenters. The van der Waals surface area contributed by atoms with Crippen LogP contribution >= 0.6 is 11.6 Å². The van der Waals surface area contributed by atoms with Crippen molar-refractivity contribution in [2.45, 2.75) is 19.8 Å². The third kappa shape index (κ3) is 4.29. The molecule has 1 aliphatic rings. The topological polar surface area (TPSA) is 99.6 Å². The number of rotatable bonds is 7.